The number of hydrogen-bond acceptors (Lipinski definition) is 3. The summed E-state index contributed by atoms with van der Waals surface area (Å²) < 4.78 is 6.01. The Hall–Kier alpha value is -0.550. The molecule has 72 valence electrons. The van der Waals surface area contributed by atoms with Crippen molar-refractivity contribution in [2.24, 2.45) is 0 Å². The summed E-state index contributed by atoms with van der Waals surface area (Å²) in [6.07, 6.45) is 0.862. The summed E-state index contributed by atoms with van der Waals surface area (Å²) in [7, 11) is 0. The van der Waals surface area contributed by atoms with Crippen LogP contribution in [0, 0.1) is 0 Å². The molecule has 1 aromatic rings. The number of carboxylic acids is 1. The van der Waals surface area contributed by atoms with Crippen molar-refractivity contribution in [3.8, 4) is 5.75 Å². The van der Waals surface area contributed by atoms with Crippen LogP contribution >= 0.6 is 27.3 Å². The molecule has 0 fully saturated rings. The van der Waals surface area contributed by atoms with Crippen molar-refractivity contribution in [3.63, 3.8) is 0 Å². The molecular weight excluding hydrogens is 256 g/mol. The SMILES string of the molecule is CCCOc1c(Br)csc1C(=O)O. The highest BCUT2D eigenvalue weighted by atomic mass is 79.9. The molecule has 0 aliphatic heterocycles. The fourth-order valence-corrected chi connectivity index (χ4v) is 2.24. The van der Waals surface area contributed by atoms with Gasteiger partial charge in [0.2, 0.25) is 0 Å². The summed E-state index contributed by atoms with van der Waals surface area (Å²) >= 11 is 4.40. The van der Waals surface area contributed by atoms with E-state index in [1.54, 1.807) is 5.38 Å². The lowest BCUT2D eigenvalue weighted by Crippen LogP contribution is -2.00. The third-order valence-electron chi connectivity index (χ3n) is 1.35. The maximum atomic E-state index is 10.7. The van der Waals surface area contributed by atoms with E-state index >= 15 is 0 Å². The van der Waals surface area contributed by atoms with Gasteiger partial charge in [0.05, 0.1) is 11.1 Å². The van der Waals surface area contributed by atoms with E-state index in [1.165, 1.54) is 0 Å². The second kappa shape index (κ2) is 4.62. The van der Waals surface area contributed by atoms with Gasteiger partial charge in [-0.05, 0) is 22.4 Å². The van der Waals surface area contributed by atoms with E-state index in [0.717, 1.165) is 17.8 Å². The van der Waals surface area contributed by atoms with E-state index in [2.05, 4.69) is 15.9 Å². The van der Waals surface area contributed by atoms with E-state index in [9.17, 15) is 4.79 Å². The topological polar surface area (TPSA) is 46.5 Å². The van der Waals surface area contributed by atoms with Crippen molar-refractivity contribution in [1.29, 1.82) is 0 Å². The second-order valence-corrected chi connectivity index (χ2v) is 4.13. The lowest BCUT2D eigenvalue weighted by molar-refractivity contribution is 0.0698. The summed E-state index contributed by atoms with van der Waals surface area (Å²) in [6.45, 7) is 2.51. The number of ether oxygens (including phenoxy) is 1. The largest absolute Gasteiger partial charge is 0.491 e. The standard InChI is InChI=1S/C8H9BrO3S/c1-2-3-12-6-5(9)4-13-7(6)8(10)11/h4H,2-3H2,1H3,(H,10,11). The molecule has 0 unspecified atom stereocenters. The van der Waals surface area contributed by atoms with Gasteiger partial charge >= 0.3 is 5.97 Å². The third kappa shape index (κ3) is 2.45. The fourth-order valence-electron chi connectivity index (χ4n) is 0.812. The molecule has 0 radical (unpaired) electrons. The molecule has 1 rings (SSSR count). The molecule has 0 aromatic carbocycles. The zero-order valence-corrected chi connectivity index (χ0v) is 9.44. The van der Waals surface area contributed by atoms with Gasteiger partial charge in [-0.1, -0.05) is 6.92 Å². The zero-order chi connectivity index (χ0) is 9.84. The van der Waals surface area contributed by atoms with Gasteiger partial charge in [-0.25, -0.2) is 4.79 Å². The lowest BCUT2D eigenvalue weighted by atomic mass is 10.4. The van der Waals surface area contributed by atoms with Crippen LogP contribution in [0.1, 0.15) is 23.0 Å². The first-order valence-electron chi connectivity index (χ1n) is 3.80. The van der Waals surface area contributed by atoms with Crippen molar-refractivity contribution in [3.05, 3.63) is 14.7 Å². The summed E-state index contributed by atoms with van der Waals surface area (Å²) in [6, 6.07) is 0. The molecule has 0 saturated carbocycles. The first-order valence-corrected chi connectivity index (χ1v) is 5.47. The first kappa shape index (κ1) is 10.5. The Morgan fingerprint density at radius 2 is 2.46 bits per heavy atom. The molecule has 0 aliphatic carbocycles. The normalized spacial score (nSPS) is 10.0. The first-order chi connectivity index (χ1) is 6.16. The molecule has 0 atom stereocenters. The molecule has 1 N–H and O–H groups in total. The Balaban J connectivity index is 2.88. The number of carbonyl (C=O) groups is 1. The molecule has 0 aliphatic rings. The number of carboxylic acid groups (broad SMARTS) is 1. The van der Waals surface area contributed by atoms with Crippen LogP contribution in [-0.4, -0.2) is 17.7 Å². The highest BCUT2D eigenvalue weighted by Crippen LogP contribution is 2.35. The Morgan fingerprint density at radius 1 is 1.77 bits per heavy atom. The van der Waals surface area contributed by atoms with Gasteiger partial charge in [-0.3, -0.25) is 0 Å². The molecule has 3 nitrogen and oxygen atoms in total. The fraction of sp³-hybridized carbons (Fsp3) is 0.375. The van der Waals surface area contributed by atoms with Crippen LogP contribution in [-0.2, 0) is 0 Å². The van der Waals surface area contributed by atoms with Gasteiger partial charge in [-0.15, -0.1) is 11.3 Å². The number of thiophene rings is 1. The minimum atomic E-state index is -0.943. The second-order valence-electron chi connectivity index (χ2n) is 2.40. The summed E-state index contributed by atoms with van der Waals surface area (Å²) in [4.78, 5) is 11.0. The monoisotopic (exact) mass is 264 g/mol. The molecule has 1 heterocycles. The van der Waals surface area contributed by atoms with Gasteiger partial charge in [-0.2, -0.15) is 0 Å². The van der Waals surface area contributed by atoms with Crippen molar-refractivity contribution in [2.75, 3.05) is 6.61 Å². The average molecular weight is 265 g/mol. The van der Waals surface area contributed by atoms with Gasteiger partial charge in [0.1, 0.15) is 0 Å². The highest BCUT2D eigenvalue weighted by molar-refractivity contribution is 9.10. The maximum absolute atomic E-state index is 10.7. The predicted molar refractivity (Wildman–Crippen MR) is 54.8 cm³/mol. The van der Waals surface area contributed by atoms with Crippen molar-refractivity contribution in [1.82, 2.24) is 0 Å². The summed E-state index contributed by atoms with van der Waals surface area (Å²) in [5.74, 6) is -0.499. The van der Waals surface area contributed by atoms with Gasteiger partial charge in [0, 0.05) is 5.38 Å². The Labute approximate surface area is 88.5 Å². The average Bonchev–Trinajstić information content (AvgIpc) is 2.43. The van der Waals surface area contributed by atoms with E-state index in [0.29, 0.717) is 16.8 Å². The van der Waals surface area contributed by atoms with Crippen molar-refractivity contribution >= 4 is 33.2 Å². The molecule has 5 heteroatoms. The molecule has 1 aromatic heterocycles. The molecular formula is C8H9BrO3S. The van der Waals surface area contributed by atoms with Gasteiger partial charge < -0.3 is 9.84 Å². The minimum absolute atomic E-state index is 0.250. The van der Waals surface area contributed by atoms with Gasteiger partial charge in [0.25, 0.3) is 0 Å². The van der Waals surface area contributed by atoms with Crippen LogP contribution in [0.25, 0.3) is 0 Å². The van der Waals surface area contributed by atoms with Crippen LogP contribution < -0.4 is 4.74 Å². The summed E-state index contributed by atoms with van der Waals surface area (Å²) in [5.41, 5.74) is 0. The number of halogens is 1. The van der Waals surface area contributed by atoms with Gasteiger partial charge in [0.15, 0.2) is 10.6 Å². The molecule has 0 amide bonds. The molecule has 13 heavy (non-hydrogen) atoms. The zero-order valence-electron chi connectivity index (χ0n) is 7.04. The van der Waals surface area contributed by atoms with Crippen LogP contribution in [0.4, 0.5) is 0 Å². The van der Waals surface area contributed by atoms with Crippen LogP contribution in [0.3, 0.4) is 0 Å². The number of hydrogen-bond donors (Lipinski definition) is 1. The lowest BCUT2D eigenvalue weighted by Gasteiger charge is -2.03. The highest BCUT2D eigenvalue weighted by Gasteiger charge is 2.16. The number of rotatable bonds is 4. The Morgan fingerprint density at radius 3 is 3.00 bits per heavy atom. The third-order valence-corrected chi connectivity index (χ3v) is 3.19. The quantitative estimate of drug-likeness (QED) is 0.910. The van der Waals surface area contributed by atoms with Crippen molar-refractivity contribution < 1.29 is 14.6 Å². The molecule has 0 spiro atoms. The molecule has 0 saturated heterocycles. The smallest absolute Gasteiger partial charge is 0.349 e. The van der Waals surface area contributed by atoms with Crippen molar-refractivity contribution in [2.45, 2.75) is 13.3 Å². The predicted octanol–water partition coefficient (Wildman–Crippen LogP) is 3.00. The number of aromatic carboxylic acids is 1. The minimum Gasteiger partial charge on any atom is -0.491 e. The van der Waals surface area contributed by atoms with Crippen LogP contribution in [0.5, 0.6) is 5.75 Å². The van der Waals surface area contributed by atoms with Crippen LogP contribution in [0.2, 0.25) is 0 Å². The Bertz CT molecular complexity index is 308. The van der Waals surface area contributed by atoms with E-state index in [4.69, 9.17) is 9.84 Å². The summed E-state index contributed by atoms with van der Waals surface area (Å²) in [5, 5.41) is 10.5. The van der Waals surface area contributed by atoms with Crippen LogP contribution in [0.15, 0.2) is 9.85 Å². The Kier molecular flexibility index (Phi) is 3.74. The van der Waals surface area contributed by atoms with E-state index < -0.39 is 5.97 Å². The maximum Gasteiger partial charge on any atom is 0.349 e. The molecule has 0 bridgehead atoms. The van der Waals surface area contributed by atoms with E-state index in [1.807, 2.05) is 6.92 Å². The van der Waals surface area contributed by atoms with E-state index in [-0.39, 0.29) is 4.88 Å².